The van der Waals surface area contributed by atoms with Crippen LogP contribution in [0.2, 0.25) is 5.02 Å². The van der Waals surface area contributed by atoms with Crippen molar-refractivity contribution >= 4 is 17.5 Å². The number of halogens is 1. The van der Waals surface area contributed by atoms with E-state index in [1.54, 1.807) is 24.3 Å². The van der Waals surface area contributed by atoms with Crippen molar-refractivity contribution in [2.24, 2.45) is 5.84 Å². The van der Waals surface area contributed by atoms with Gasteiger partial charge in [-0.3, -0.25) is 10.2 Å². The van der Waals surface area contributed by atoms with Gasteiger partial charge in [0.1, 0.15) is 29.7 Å². The zero-order valence-electron chi connectivity index (χ0n) is 10.2. The molecule has 0 atom stereocenters. The molecule has 0 unspecified atom stereocenters. The summed E-state index contributed by atoms with van der Waals surface area (Å²) in [7, 11) is 0. The molecule has 0 aliphatic rings. The van der Waals surface area contributed by atoms with Crippen LogP contribution in [0.3, 0.4) is 0 Å². The number of rotatable bonds is 4. The number of carbonyl (C=O) groups is 1. The van der Waals surface area contributed by atoms with Crippen LogP contribution >= 0.6 is 11.6 Å². The van der Waals surface area contributed by atoms with Gasteiger partial charge < -0.3 is 9.15 Å². The molecule has 6 nitrogen and oxygen atoms in total. The summed E-state index contributed by atoms with van der Waals surface area (Å²) in [5, 5.41) is 9.31. The largest absolute Gasteiger partial charge is 0.484 e. The first-order valence-electron chi connectivity index (χ1n) is 5.56. The number of ether oxygens (including phenoxy) is 1. The molecule has 0 aliphatic carbocycles. The summed E-state index contributed by atoms with van der Waals surface area (Å²) in [4.78, 5) is 11.2. The number of nitrogens with two attached hydrogens (primary N) is 1. The molecule has 2 aromatic rings. The predicted octanol–water partition coefficient (Wildman–Crippen LogP) is 1.99. The Labute approximate surface area is 119 Å². The molecule has 1 heterocycles. The van der Waals surface area contributed by atoms with Crippen molar-refractivity contribution in [3.63, 3.8) is 0 Å². The lowest BCUT2D eigenvalue weighted by molar-refractivity contribution is 0.0922. The fourth-order valence-corrected chi connectivity index (χ4v) is 1.74. The summed E-state index contributed by atoms with van der Waals surface area (Å²) in [6.07, 6.45) is 0. The van der Waals surface area contributed by atoms with Crippen molar-refractivity contribution in [2.75, 3.05) is 0 Å². The fourth-order valence-electron chi connectivity index (χ4n) is 1.53. The molecule has 1 aromatic carbocycles. The van der Waals surface area contributed by atoms with Crippen molar-refractivity contribution in [3.05, 3.63) is 52.4 Å². The van der Waals surface area contributed by atoms with Crippen molar-refractivity contribution in [1.29, 1.82) is 5.26 Å². The molecule has 0 bridgehead atoms. The average molecular weight is 292 g/mol. The number of hydrazine groups is 1. The SMILES string of the molecule is N#Cc1c(Cl)cccc1OCc1ccc(C(=O)NN)o1. The number of furan rings is 1. The predicted molar refractivity (Wildman–Crippen MR) is 70.9 cm³/mol. The van der Waals surface area contributed by atoms with Gasteiger partial charge in [-0.1, -0.05) is 17.7 Å². The summed E-state index contributed by atoms with van der Waals surface area (Å²) >= 11 is 5.88. The molecule has 0 radical (unpaired) electrons. The van der Waals surface area contributed by atoms with Crippen LogP contribution in [0.15, 0.2) is 34.7 Å². The van der Waals surface area contributed by atoms with E-state index in [0.717, 1.165) is 0 Å². The summed E-state index contributed by atoms with van der Waals surface area (Å²) in [6.45, 7) is 0.0624. The Morgan fingerprint density at radius 2 is 2.25 bits per heavy atom. The van der Waals surface area contributed by atoms with E-state index in [1.807, 2.05) is 11.5 Å². The van der Waals surface area contributed by atoms with Gasteiger partial charge in [-0.15, -0.1) is 0 Å². The van der Waals surface area contributed by atoms with Crippen LogP contribution < -0.4 is 16.0 Å². The molecule has 0 saturated carbocycles. The highest BCUT2D eigenvalue weighted by atomic mass is 35.5. The van der Waals surface area contributed by atoms with E-state index in [9.17, 15) is 4.79 Å². The van der Waals surface area contributed by atoms with Crippen molar-refractivity contribution in [1.82, 2.24) is 5.43 Å². The summed E-state index contributed by atoms with van der Waals surface area (Å²) < 4.78 is 10.7. The minimum atomic E-state index is -0.531. The van der Waals surface area contributed by atoms with Gasteiger partial charge in [-0.05, 0) is 24.3 Å². The molecule has 0 fully saturated rings. The molecular weight excluding hydrogens is 282 g/mol. The average Bonchev–Trinajstić information content (AvgIpc) is 2.93. The molecule has 1 amide bonds. The molecule has 0 aliphatic heterocycles. The Morgan fingerprint density at radius 3 is 2.95 bits per heavy atom. The van der Waals surface area contributed by atoms with Gasteiger partial charge in [0.25, 0.3) is 0 Å². The van der Waals surface area contributed by atoms with E-state index < -0.39 is 5.91 Å². The summed E-state index contributed by atoms with van der Waals surface area (Å²) in [5.74, 6) is 5.31. The second-order valence-corrected chi connectivity index (χ2v) is 4.16. The third-order valence-corrected chi connectivity index (χ3v) is 2.79. The standard InChI is InChI=1S/C13H10ClN3O3/c14-10-2-1-3-11(9(10)6-15)19-7-8-4-5-12(20-8)13(18)17-16/h1-5H,7,16H2,(H,17,18). The molecule has 102 valence electrons. The van der Waals surface area contributed by atoms with Gasteiger partial charge in [-0.25, -0.2) is 5.84 Å². The van der Waals surface area contributed by atoms with Crippen molar-refractivity contribution in [2.45, 2.75) is 6.61 Å². The Balaban J connectivity index is 2.10. The van der Waals surface area contributed by atoms with Gasteiger partial charge in [0, 0.05) is 0 Å². The fraction of sp³-hybridized carbons (Fsp3) is 0.0769. The zero-order chi connectivity index (χ0) is 14.5. The maximum Gasteiger partial charge on any atom is 0.300 e. The van der Waals surface area contributed by atoms with Gasteiger partial charge >= 0.3 is 5.91 Å². The molecule has 0 saturated heterocycles. The Morgan fingerprint density at radius 1 is 1.45 bits per heavy atom. The van der Waals surface area contributed by atoms with E-state index in [-0.39, 0.29) is 17.9 Å². The van der Waals surface area contributed by atoms with E-state index in [0.29, 0.717) is 16.5 Å². The van der Waals surface area contributed by atoms with Crippen LogP contribution in [0.5, 0.6) is 5.75 Å². The van der Waals surface area contributed by atoms with E-state index >= 15 is 0 Å². The minimum Gasteiger partial charge on any atom is -0.484 e. The van der Waals surface area contributed by atoms with Gasteiger partial charge in [0.15, 0.2) is 5.76 Å². The molecular formula is C13H10ClN3O3. The maximum atomic E-state index is 11.2. The van der Waals surface area contributed by atoms with Crippen LogP contribution in [-0.2, 0) is 6.61 Å². The first kappa shape index (κ1) is 13.9. The topological polar surface area (TPSA) is 101 Å². The lowest BCUT2D eigenvalue weighted by atomic mass is 10.2. The molecule has 2 rings (SSSR count). The summed E-state index contributed by atoms with van der Waals surface area (Å²) in [6, 6.07) is 9.93. The molecule has 0 spiro atoms. The van der Waals surface area contributed by atoms with Crippen LogP contribution in [0.4, 0.5) is 0 Å². The summed E-state index contributed by atoms with van der Waals surface area (Å²) in [5.41, 5.74) is 2.21. The number of hydrogen-bond donors (Lipinski definition) is 2. The lowest BCUT2D eigenvalue weighted by Crippen LogP contribution is -2.29. The zero-order valence-corrected chi connectivity index (χ0v) is 11.0. The third-order valence-electron chi connectivity index (χ3n) is 2.47. The van der Waals surface area contributed by atoms with Crippen molar-refractivity contribution < 1.29 is 13.9 Å². The van der Waals surface area contributed by atoms with Gasteiger partial charge in [0.2, 0.25) is 0 Å². The van der Waals surface area contributed by atoms with E-state index in [2.05, 4.69) is 0 Å². The second-order valence-electron chi connectivity index (χ2n) is 3.75. The normalized spacial score (nSPS) is 9.85. The minimum absolute atomic E-state index is 0.0624. The molecule has 1 aromatic heterocycles. The number of nitriles is 1. The highest BCUT2D eigenvalue weighted by Gasteiger charge is 2.11. The monoisotopic (exact) mass is 291 g/mol. The second kappa shape index (κ2) is 6.10. The van der Waals surface area contributed by atoms with Crippen molar-refractivity contribution in [3.8, 4) is 11.8 Å². The first-order chi connectivity index (χ1) is 9.65. The number of hydrogen-bond acceptors (Lipinski definition) is 5. The number of benzene rings is 1. The maximum absolute atomic E-state index is 11.2. The van der Waals surface area contributed by atoms with Crippen LogP contribution in [0.25, 0.3) is 0 Å². The van der Waals surface area contributed by atoms with Gasteiger partial charge in [-0.2, -0.15) is 5.26 Å². The van der Waals surface area contributed by atoms with Crippen LogP contribution in [-0.4, -0.2) is 5.91 Å². The number of carbonyl (C=O) groups excluding carboxylic acids is 1. The number of amides is 1. The van der Waals surface area contributed by atoms with Crippen LogP contribution in [0, 0.1) is 11.3 Å². The number of nitrogen functional groups attached to an aromatic ring is 1. The lowest BCUT2D eigenvalue weighted by Gasteiger charge is -2.06. The molecule has 7 heteroatoms. The van der Waals surface area contributed by atoms with Crippen LogP contribution in [0.1, 0.15) is 21.9 Å². The highest BCUT2D eigenvalue weighted by Crippen LogP contribution is 2.26. The quantitative estimate of drug-likeness (QED) is 0.509. The van der Waals surface area contributed by atoms with E-state index in [1.165, 1.54) is 6.07 Å². The number of nitrogens with zero attached hydrogens (tertiary/aromatic N) is 1. The van der Waals surface area contributed by atoms with E-state index in [4.69, 9.17) is 31.9 Å². The highest BCUT2D eigenvalue weighted by molar-refractivity contribution is 6.31. The number of nitrogens with one attached hydrogen (secondary N) is 1. The first-order valence-corrected chi connectivity index (χ1v) is 5.94. The third kappa shape index (κ3) is 2.91. The molecule has 20 heavy (non-hydrogen) atoms. The van der Waals surface area contributed by atoms with Gasteiger partial charge in [0.05, 0.1) is 5.02 Å². The smallest absolute Gasteiger partial charge is 0.300 e. The Bertz CT molecular complexity index is 676. The Hall–Kier alpha value is -2.49. The molecule has 3 N–H and O–H groups in total. The Kier molecular flexibility index (Phi) is 4.25.